The van der Waals surface area contributed by atoms with Gasteiger partial charge in [0, 0.05) is 11.3 Å². The largest absolute Gasteiger partial charge is 0.398 e. The average Bonchev–Trinajstić information content (AvgIpc) is 2.48. The first-order chi connectivity index (χ1) is 10.1. The van der Waals surface area contributed by atoms with E-state index in [1.807, 2.05) is 0 Å². The van der Waals surface area contributed by atoms with Crippen molar-refractivity contribution in [2.45, 2.75) is 51.9 Å². The van der Waals surface area contributed by atoms with Crippen LogP contribution in [0.4, 0.5) is 5.69 Å². The third-order valence-corrected chi connectivity index (χ3v) is 4.79. The van der Waals surface area contributed by atoms with E-state index in [-0.39, 0.29) is 0 Å². The second-order valence-electron chi connectivity index (χ2n) is 6.50. The molecule has 0 saturated heterocycles. The summed E-state index contributed by atoms with van der Waals surface area (Å²) < 4.78 is 0. The van der Waals surface area contributed by atoms with Crippen molar-refractivity contribution in [3.8, 4) is 11.1 Å². The van der Waals surface area contributed by atoms with E-state index in [2.05, 4.69) is 50.2 Å². The van der Waals surface area contributed by atoms with Gasteiger partial charge in [0.15, 0.2) is 0 Å². The van der Waals surface area contributed by atoms with Crippen LogP contribution in [0.3, 0.4) is 0 Å². The molecule has 1 saturated carbocycles. The summed E-state index contributed by atoms with van der Waals surface area (Å²) in [6.45, 7) is 4.24. The van der Waals surface area contributed by atoms with Gasteiger partial charge in [-0.05, 0) is 60.9 Å². The molecule has 0 radical (unpaired) electrons. The zero-order valence-electron chi connectivity index (χ0n) is 13.2. The summed E-state index contributed by atoms with van der Waals surface area (Å²) in [7, 11) is 0. The van der Waals surface area contributed by atoms with E-state index in [0.29, 0.717) is 0 Å². The number of hydrogen-bond donors (Lipinski definition) is 1. The van der Waals surface area contributed by atoms with E-state index < -0.39 is 0 Å². The Bertz CT molecular complexity index is 596. The van der Waals surface area contributed by atoms with Crippen LogP contribution in [-0.2, 0) is 0 Å². The molecule has 21 heavy (non-hydrogen) atoms. The lowest BCUT2D eigenvalue weighted by atomic mass is 9.83. The van der Waals surface area contributed by atoms with E-state index in [4.69, 9.17) is 5.73 Å². The summed E-state index contributed by atoms with van der Waals surface area (Å²) >= 11 is 0. The lowest BCUT2D eigenvalue weighted by molar-refractivity contribution is 0.443. The Balaban J connectivity index is 1.90. The van der Waals surface area contributed by atoms with Crippen molar-refractivity contribution in [1.82, 2.24) is 0 Å². The van der Waals surface area contributed by atoms with Gasteiger partial charge >= 0.3 is 0 Å². The zero-order valence-corrected chi connectivity index (χ0v) is 13.2. The monoisotopic (exact) mass is 279 g/mol. The van der Waals surface area contributed by atoms with Crippen LogP contribution in [0.1, 0.15) is 54.7 Å². The summed E-state index contributed by atoms with van der Waals surface area (Å²) in [6.07, 6.45) is 6.89. The zero-order chi connectivity index (χ0) is 14.8. The Morgan fingerprint density at radius 2 is 1.57 bits per heavy atom. The molecule has 2 N–H and O–H groups in total. The Morgan fingerprint density at radius 1 is 0.905 bits per heavy atom. The van der Waals surface area contributed by atoms with E-state index in [1.54, 1.807) is 0 Å². The molecular weight excluding hydrogens is 254 g/mol. The minimum atomic E-state index is 0.768. The van der Waals surface area contributed by atoms with Crippen LogP contribution in [-0.4, -0.2) is 0 Å². The number of aryl methyl sites for hydroxylation is 2. The Morgan fingerprint density at radius 3 is 2.19 bits per heavy atom. The predicted octanol–water partition coefficient (Wildman–Crippen LogP) is 5.60. The van der Waals surface area contributed by atoms with Crippen LogP contribution in [0.15, 0.2) is 36.4 Å². The van der Waals surface area contributed by atoms with Crippen molar-refractivity contribution < 1.29 is 0 Å². The van der Waals surface area contributed by atoms with Gasteiger partial charge in [-0.15, -0.1) is 0 Å². The maximum absolute atomic E-state index is 6.24. The number of benzene rings is 2. The highest BCUT2D eigenvalue weighted by atomic mass is 14.6. The molecule has 1 heteroatoms. The summed E-state index contributed by atoms with van der Waals surface area (Å²) in [5.41, 5.74) is 13.5. The third-order valence-electron chi connectivity index (χ3n) is 4.79. The highest BCUT2D eigenvalue weighted by molar-refractivity contribution is 5.80. The summed E-state index contributed by atoms with van der Waals surface area (Å²) in [4.78, 5) is 0. The van der Waals surface area contributed by atoms with Crippen LogP contribution >= 0.6 is 0 Å². The van der Waals surface area contributed by atoms with E-state index >= 15 is 0 Å². The number of nitrogens with two attached hydrogens (primary N) is 1. The number of rotatable bonds is 2. The minimum absolute atomic E-state index is 0.768. The van der Waals surface area contributed by atoms with Gasteiger partial charge in [-0.3, -0.25) is 0 Å². The fraction of sp³-hybridized carbons (Fsp3) is 0.400. The summed E-state index contributed by atoms with van der Waals surface area (Å²) in [5, 5.41) is 0. The first-order valence-electron chi connectivity index (χ1n) is 8.12. The SMILES string of the molecule is Cc1cc(C)c(-c2ccc(C3CCCCC3)cc2)c(N)c1. The normalized spacial score (nSPS) is 16.1. The van der Waals surface area contributed by atoms with Crippen LogP contribution in [0.25, 0.3) is 11.1 Å². The molecule has 3 rings (SSSR count). The number of nitrogen functional groups attached to an aromatic ring is 1. The van der Waals surface area contributed by atoms with E-state index in [0.717, 1.165) is 11.6 Å². The molecule has 0 atom stereocenters. The molecular formula is C20H25N. The third kappa shape index (κ3) is 2.97. The molecule has 0 unspecified atom stereocenters. The van der Waals surface area contributed by atoms with Crippen molar-refractivity contribution in [1.29, 1.82) is 0 Å². The quantitative estimate of drug-likeness (QED) is 0.711. The second kappa shape index (κ2) is 5.93. The maximum Gasteiger partial charge on any atom is 0.0399 e. The number of hydrogen-bond acceptors (Lipinski definition) is 1. The number of anilines is 1. The Kier molecular flexibility index (Phi) is 4.01. The van der Waals surface area contributed by atoms with Crippen LogP contribution < -0.4 is 5.73 Å². The molecule has 1 aliphatic rings. The molecule has 2 aromatic rings. The highest BCUT2D eigenvalue weighted by Crippen LogP contribution is 2.35. The van der Waals surface area contributed by atoms with Crippen molar-refractivity contribution >= 4 is 5.69 Å². The van der Waals surface area contributed by atoms with Gasteiger partial charge in [0.1, 0.15) is 0 Å². The van der Waals surface area contributed by atoms with Crippen LogP contribution in [0.5, 0.6) is 0 Å². The van der Waals surface area contributed by atoms with Gasteiger partial charge < -0.3 is 5.73 Å². The summed E-state index contributed by atoms with van der Waals surface area (Å²) in [6, 6.07) is 13.4. The van der Waals surface area contributed by atoms with Gasteiger partial charge in [-0.1, -0.05) is 49.6 Å². The lowest BCUT2D eigenvalue weighted by Gasteiger charge is -2.22. The van der Waals surface area contributed by atoms with Gasteiger partial charge in [0.05, 0.1) is 0 Å². The van der Waals surface area contributed by atoms with Gasteiger partial charge in [0.2, 0.25) is 0 Å². The molecule has 0 amide bonds. The standard InChI is InChI=1S/C20H25N/c1-14-12-15(2)20(19(21)13-14)18-10-8-17(9-11-18)16-6-4-3-5-7-16/h8-13,16H,3-7,21H2,1-2H3. The van der Waals surface area contributed by atoms with Crippen molar-refractivity contribution in [2.75, 3.05) is 5.73 Å². The van der Waals surface area contributed by atoms with Crippen molar-refractivity contribution in [3.63, 3.8) is 0 Å². The van der Waals surface area contributed by atoms with E-state index in [9.17, 15) is 0 Å². The Labute approximate surface area is 128 Å². The molecule has 1 aliphatic carbocycles. The van der Waals surface area contributed by atoms with Crippen molar-refractivity contribution in [3.05, 3.63) is 53.1 Å². The fourth-order valence-corrected chi connectivity index (χ4v) is 3.75. The molecule has 1 nitrogen and oxygen atoms in total. The van der Waals surface area contributed by atoms with Crippen molar-refractivity contribution in [2.24, 2.45) is 0 Å². The second-order valence-corrected chi connectivity index (χ2v) is 6.50. The van der Waals surface area contributed by atoms with Gasteiger partial charge in [-0.25, -0.2) is 0 Å². The van der Waals surface area contributed by atoms with E-state index in [1.165, 1.54) is 59.9 Å². The first kappa shape index (κ1) is 14.2. The first-order valence-corrected chi connectivity index (χ1v) is 8.12. The smallest absolute Gasteiger partial charge is 0.0399 e. The van der Waals surface area contributed by atoms with Crippen LogP contribution in [0.2, 0.25) is 0 Å². The topological polar surface area (TPSA) is 26.0 Å². The summed E-state index contributed by atoms with van der Waals surface area (Å²) in [5.74, 6) is 0.768. The van der Waals surface area contributed by atoms with Crippen LogP contribution in [0, 0.1) is 13.8 Å². The minimum Gasteiger partial charge on any atom is -0.398 e. The molecule has 0 heterocycles. The Hall–Kier alpha value is -1.76. The molecule has 1 fully saturated rings. The molecule has 2 aromatic carbocycles. The molecule has 0 aliphatic heterocycles. The lowest BCUT2D eigenvalue weighted by Crippen LogP contribution is -2.04. The highest BCUT2D eigenvalue weighted by Gasteiger charge is 2.15. The molecule has 0 aromatic heterocycles. The average molecular weight is 279 g/mol. The van der Waals surface area contributed by atoms with Gasteiger partial charge in [-0.2, -0.15) is 0 Å². The molecule has 0 bridgehead atoms. The maximum atomic E-state index is 6.24. The fourth-order valence-electron chi connectivity index (χ4n) is 3.75. The predicted molar refractivity (Wildman–Crippen MR) is 91.6 cm³/mol. The molecule has 110 valence electrons. The van der Waals surface area contributed by atoms with Gasteiger partial charge in [0.25, 0.3) is 0 Å². The molecule has 0 spiro atoms.